The Morgan fingerprint density at radius 2 is 2.24 bits per heavy atom. The van der Waals surface area contributed by atoms with Crippen molar-refractivity contribution in [3.05, 3.63) is 47.5 Å². The van der Waals surface area contributed by atoms with Crippen LogP contribution in [0.2, 0.25) is 0 Å². The number of methoxy groups -OCH3 is 2. The van der Waals surface area contributed by atoms with Crippen molar-refractivity contribution < 1.29 is 19.1 Å². The quantitative estimate of drug-likeness (QED) is 0.814. The summed E-state index contributed by atoms with van der Waals surface area (Å²) in [6, 6.07) is 6.83. The van der Waals surface area contributed by atoms with Gasteiger partial charge in [-0.15, -0.1) is 0 Å². The second-order valence-electron chi connectivity index (χ2n) is 5.62. The maximum atomic E-state index is 12.6. The monoisotopic (exact) mass is 344 g/mol. The maximum absolute atomic E-state index is 12.6. The van der Waals surface area contributed by atoms with Crippen LogP contribution < -0.4 is 10.1 Å². The van der Waals surface area contributed by atoms with Crippen molar-refractivity contribution in [2.24, 2.45) is 0 Å². The zero-order chi connectivity index (χ0) is 17.8. The lowest BCUT2D eigenvalue weighted by Crippen LogP contribution is -2.47. The van der Waals surface area contributed by atoms with Crippen LogP contribution in [0.3, 0.4) is 0 Å². The topological polar surface area (TPSA) is 96.6 Å². The van der Waals surface area contributed by atoms with E-state index in [1.807, 2.05) is 24.3 Å². The summed E-state index contributed by atoms with van der Waals surface area (Å²) < 4.78 is 9.86. The van der Waals surface area contributed by atoms with Crippen LogP contribution in [0, 0.1) is 0 Å². The molecule has 0 unspecified atom stereocenters. The lowest BCUT2D eigenvalue weighted by Gasteiger charge is -2.35. The van der Waals surface area contributed by atoms with Crippen molar-refractivity contribution in [2.45, 2.75) is 12.5 Å². The van der Waals surface area contributed by atoms with Crippen LogP contribution in [0.1, 0.15) is 23.0 Å². The van der Waals surface area contributed by atoms with E-state index in [0.717, 1.165) is 17.0 Å². The third kappa shape index (κ3) is 3.42. The van der Waals surface area contributed by atoms with Gasteiger partial charge in [0.15, 0.2) is 0 Å². The van der Waals surface area contributed by atoms with Crippen molar-refractivity contribution in [3.63, 3.8) is 0 Å². The molecule has 8 nitrogen and oxygen atoms in total. The van der Waals surface area contributed by atoms with Gasteiger partial charge in [0.2, 0.25) is 0 Å². The van der Waals surface area contributed by atoms with E-state index in [1.54, 1.807) is 18.3 Å². The highest BCUT2D eigenvalue weighted by Gasteiger charge is 2.34. The summed E-state index contributed by atoms with van der Waals surface area (Å²) in [6.45, 7) is 0.328. The average Bonchev–Trinajstić information content (AvgIpc) is 3.13. The first-order valence-corrected chi connectivity index (χ1v) is 7.91. The number of carbonyl (C=O) groups excluding carboxylic acids is 2. The van der Waals surface area contributed by atoms with Gasteiger partial charge in [-0.3, -0.25) is 4.79 Å². The molecule has 0 fully saturated rings. The number of urea groups is 1. The molecule has 0 saturated carbocycles. The minimum Gasteiger partial charge on any atom is -0.497 e. The van der Waals surface area contributed by atoms with Gasteiger partial charge < -0.3 is 24.7 Å². The largest absolute Gasteiger partial charge is 0.497 e. The van der Waals surface area contributed by atoms with E-state index in [9.17, 15) is 9.59 Å². The number of imidazole rings is 1. The molecular formula is C17H20N4O4. The molecule has 2 amide bonds. The highest BCUT2D eigenvalue weighted by molar-refractivity contribution is 5.81. The van der Waals surface area contributed by atoms with E-state index in [-0.39, 0.29) is 18.6 Å². The molecule has 0 bridgehead atoms. The van der Waals surface area contributed by atoms with Gasteiger partial charge in [0, 0.05) is 18.7 Å². The molecule has 132 valence electrons. The predicted octanol–water partition coefficient (Wildman–Crippen LogP) is 1.25. The molecule has 1 aliphatic heterocycles. The van der Waals surface area contributed by atoms with Crippen LogP contribution in [0.15, 0.2) is 30.6 Å². The van der Waals surface area contributed by atoms with Crippen molar-refractivity contribution in [3.8, 4) is 5.75 Å². The molecule has 3 rings (SSSR count). The molecule has 2 N–H and O–H groups in total. The van der Waals surface area contributed by atoms with Gasteiger partial charge in [-0.25, -0.2) is 9.78 Å². The molecule has 0 spiro atoms. The SMILES string of the molecule is COC(=O)CNC(=O)N1CCc2[nH]cnc2[C@H]1c1cccc(OC)c1. The summed E-state index contributed by atoms with van der Waals surface area (Å²) in [5.74, 6) is 0.207. The van der Waals surface area contributed by atoms with Crippen molar-refractivity contribution in [1.29, 1.82) is 0 Å². The lowest BCUT2D eigenvalue weighted by molar-refractivity contribution is -0.139. The molecule has 2 heterocycles. The van der Waals surface area contributed by atoms with Crippen molar-refractivity contribution in [2.75, 3.05) is 27.3 Å². The molecule has 0 radical (unpaired) electrons. The van der Waals surface area contributed by atoms with E-state index in [1.165, 1.54) is 7.11 Å². The second kappa shape index (κ2) is 7.25. The summed E-state index contributed by atoms with van der Waals surface area (Å²) >= 11 is 0. The van der Waals surface area contributed by atoms with Gasteiger partial charge in [-0.05, 0) is 17.7 Å². The van der Waals surface area contributed by atoms with E-state index in [2.05, 4.69) is 20.0 Å². The molecular weight excluding hydrogens is 324 g/mol. The van der Waals surface area contributed by atoms with Crippen LogP contribution >= 0.6 is 0 Å². The van der Waals surface area contributed by atoms with Crippen LogP contribution in [0.25, 0.3) is 0 Å². The third-order valence-electron chi connectivity index (χ3n) is 4.21. The Hall–Kier alpha value is -3.03. The summed E-state index contributed by atoms with van der Waals surface area (Å²) in [5, 5.41) is 2.60. The van der Waals surface area contributed by atoms with E-state index >= 15 is 0 Å². The number of carbonyl (C=O) groups is 2. The van der Waals surface area contributed by atoms with Gasteiger partial charge >= 0.3 is 12.0 Å². The molecule has 1 aromatic carbocycles. The summed E-state index contributed by atoms with van der Waals surface area (Å²) in [6.07, 6.45) is 2.30. The van der Waals surface area contributed by atoms with Crippen LogP contribution in [0.4, 0.5) is 4.79 Å². The van der Waals surface area contributed by atoms with Crippen molar-refractivity contribution in [1.82, 2.24) is 20.2 Å². The Morgan fingerprint density at radius 1 is 1.40 bits per heavy atom. The van der Waals surface area contributed by atoms with E-state index in [4.69, 9.17) is 4.74 Å². The van der Waals surface area contributed by atoms with Crippen LogP contribution in [-0.4, -0.2) is 54.2 Å². The molecule has 1 aromatic heterocycles. The molecule has 25 heavy (non-hydrogen) atoms. The minimum absolute atomic E-state index is 0.177. The lowest BCUT2D eigenvalue weighted by atomic mass is 9.96. The van der Waals surface area contributed by atoms with Gasteiger partial charge in [0.1, 0.15) is 18.3 Å². The predicted molar refractivity (Wildman–Crippen MR) is 89.2 cm³/mol. The summed E-state index contributed by atoms with van der Waals surface area (Å²) in [5.41, 5.74) is 2.69. The standard InChI is InChI=1S/C17H20N4O4/c1-24-12-5-3-4-11(8-12)16-15-13(19-10-20-15)6-7-21(16)17(23)18-9-14(22)25-2/h3-5,8,10,16H,6-7,9H2,1-2H3,(H,18,23)(H,19,20)/t16-/m1/s1. The molecule has 0 saturated heterocycles. The fourth-order valence-electron chi connectivity index (χ4n) is 2.97. The van der Waals surface area contributed by atoms with E-state index < -0.39 is 5.97 Å². The summed E-state index contributed by atoms with van der Waals surface area (Å²) in [4.78, 5) is 33.1. The Morgan fingerprint density at radius 3 is 3.00 bits per heavy atom. The average molecular weight is 344 g/mol. The highest BCUT2D eigenvalue weighted by atomic mass is 16.5. The highest BCUT2D eigenvalue weighted by Crippen LogP contribution is 2.34. The fraction of sp³-hybridized carbons (Fsp3) is 0.353. The zero-order valence-electron chi connectivity index (χ0n) is 14.1. The Kier molecular flexibility index (Phi) is 4.87. The van der Waals surface area contributed by atoms with Crippen LogP contribution in [-0.2, 0) is 16.0 Å². The Balaban J connectivity index is 1.91. The van der Waals surface area contributed by atoms with Crippen LogP contribution in [0.5, 0.6) is 5.75 Å². The number of nitrogens with one attached hydrogen (secondary N) is 2. The minimum atomic E-state index is -0.497. The number of nitrogens with zero attached hydrogens (tertiary/aromatic N) is 2. The normalized spacial score (nSPS) is 16.1. The number of esters is 1. The van der Waals surface area contributed by atoms with E-state index in [0.29, 0.717) is 18.7 Å². The smallest absolute Gasteiger partial charge is 0.325 e. The first kappa shape index (κ1) is 16.8. The zero-order valence-corrected chi connectivity index (χ0v) is 14.1. The second-order valence-corrected chi connectivity index (χ2v) is 5.62. The number of H-pyrrole nitrogens is 1. The van der Waals surface area contributed by atoms with Gasteiger partial charge in [0.25, 0.3) is 0 Å². The first-order valence-electron chi connectivity index (χ1n) is 7.91. The van der Waals surface area contributed by atoms with Gasteiger partial charge in [0.05, 0.1) is 26.2 Å². The molecule has 1 aliphatic rings. The Bertz CT molecular complexity index is 774. The number of amides is 2. The Labute approximate surface area is 145 Å². The number of hydrogen-bond donors (Lipinski definition) is 2. The third-order valence-corrected chi connectivity index (χ3v) is 4.21. The number of aromatic nitrogens is 2. The number of hydrogen-bond acceptors (Lipinski definition) is 5. The molecule has 2 aromatic rings. The van der Waals surface area contributed by atoms with Crippen molar-refractivity contribution >= 4 is 12.0 Å². The number of ether oxygens (including phenoxy) is 2. The number of benzene rings is 1. The van der Waals surface area contributed by atoms with Gasteiger partial charge in [-0.2, -0.15) is 0 Å². The fourth-order valence-corrected chi connectivity index (χ4v) is 2.97. The van der Waals surface area contributed by atoms with Gasteiger partial charge in [-0.1, -0.05) is 12.1 Å². The molecule has 1 atom stereocenters. The molecule has 8 heteroatoms. The maximum Gasteiger partial charge on any atom is 0.325 e. The summed E-state index contributed by atoms with van der Waals surface area (Å²) in [7, 11) is 2.88. The molecule has 0 aliphatic carbocycles. The first-order chi connectivity index (χ1) is 12.1. The number of aromatic amines is 1. The number of rotatable bonds is 4. The number of fused-ring (bicyclic) bond motifs is 1.